The Morgan fingerprint density at radius 2 is 1.06 bits per heavy atom. The molecule has 196 valence electrons. The van der Waals surface area contributed by atoms with Gasteiger partial charge in [0.1, 0.15) is 24.9 Å². The molecular weight excluding hydrogens is 450 g/mol. The van der Waals surface area contributed by atoms with E-state index in [1.165, 1.54) is 34.8 Å². The average molecular weight is 490 g/mol. The molecule has 11 nitrogen and oxygen atoms in total. The third-order valence-electron chi connectivity index (χ3n) is 4.86. The number of nitrogens with two attached hydrogens (primary N) is 1. The number of ether oxygens (including phenoxy) is 5. The van der Waals surface area contributed by atoms with Gasteiger partial charge in [-0.25, -0.2) is 0 Å². The maximum absolute atomic E-state index is 11.6. The van der Waals surface area contributed by atoms with Crippen LogP contribution in [0, 0.1) is 0 Å². The topological polar surface area (TPSA) is 158 Å². The maximum Gasteiger partial charge on any atom is 0.302 e. The molecule has 0 rings (SSSR count). The number of rotatable bonds is 18. The van der Waals surface area contributed by atoms with E-state index >= 15 is 0 Å². The first-order chi connectivity index (χ1) is 15.9. The molecule has 0 aromatic heterocycles. The fourth-order valence-electron chi connectivity index (χ4n) is 3.48. The molecule has 0 saturated carbocycles. The van der Waals surface area contributed by atoms with Crippen molar-refractivity contribution in [2.75, 3.05) is 13.7 Å². The molecule has 0 aromatic carbocycles. The molecule has 11 heteroatoms. The second-order valence-electron chi connectivity index (χ2n) is 8.12. The van der Waals surface area contributed by atoms with Crippen LogP contribution in [-0.4, -0.2) is 67.9 Å². The van der Waals surface area contributed by atoms with Crippen LogP contribution in [0.1, 0.15) is 79.1 Å². The molecule has 0 aromatic rings. The molecule has 2 unspecified atom stereocenters. The molecule has 0 aliphatic rings. The smallest absolute Gasteiger partial charge is 0.302 e. The van der Waals surface area contributed by atoms with E-state index in [4.69, 9.17) is 29.4 Å². The Balaban J connectivity index is 5.03. The molecule has 0 aliphatic heterocycles. The molecule has 0 heterocycles. The summed E-state index contributed by atoms with van der Waals surface area (Å²) in [6.45, 7) is 5.21. The second-order valence-corrected chi connectivity index (χ2v) is 8.12. The van der Waals surface area contributed by atoms with Crippen molar-refractivity contribution in [3.05, 3.63) is 0 Å². The summed E-state index contributed by atoms with van der Waals surface area (Å²) in [7, 11) is 1.48. The molecular formula is C23H39NO10. The van der Waals surface area contributed by atoms with Gasteiger partial charge in [-0.1, -0.05) is 0 Å². The summed E-state index contributed by atoms with van der Waals surface area (Å²) in [4.78, 5) is 56.7. The Kier molecular flexibility index (Phi) is 16.3. The Morgan fingerprint density at radius 3 is 1.41 bits per heavy atom. The van der Waals surface area contributed by atoms with Gasteiger partial charge in [-0.15, -0.1) is 0 Å². The first-order valence-electron chi connectivity index (χ1n) is 11.4. The minimum Gasteiger partial charge on any atom is -0.463 e. The van der Waals surface area contributed by atoms with E-state index in [-0.39, 0.29) is 19.4 Å². The van der Waals surface area contributed by atoms with Gasteiger partial charge in [-0.05, 0) is 32.1 Å². The van der Waals surface area contributed by atoms with E-state index in [2.05, 4.69) is 0 Å². The summed E-state index contributed by atoms with van der Waals surface area (Å²) in [5.74, 6) is -2.28. The van der Waals surface area contributed by atoms with Gasteiger partial charge in [0.05, 0.1) is 6.10 Å². The zero-order valence-corrected chi connectivity index (χ0v) is 20.8. The lowest BCUT2D eigenvalue weighted by atomic mass is 9.99. The number of carbonyl (C=O) groups is 5. The summed E-state index contributed by atoms with van der Waals surface area (Å²) in [6, 6.07) is 0. The van der Waals surface area contributed by atoms with Crippen LogP contribution < -0.4 is 5.73 Å². The largest absolute Gasteiger partial charge is 0.463 e. The number of hydrogen-bond donors (Lipinski definition) is 1. The van der Waals surface area contributed by atoms with Crippen LogP contribution in [0.5, 0.6) is 0 Å². The molecule has 2 N–H and O–H groups in total. The number of hydrogen-bond acceptors (Lipinski definition) is 10. The van der Waals surface area contributed by atoms with Crippen molar-refractivity contribution in [1.82, 2.24) is 0 Å². The molecule has 0 aliphatic carbocycles. The predicted octanol–water partition coefficient (Wildman–Crippen LogP) is 1.97. The van der Waals surface area contributed by atoms with E-state index < -0.39 is 54.2 Å². The van der Waals surface area contributed by atoms with Crippen LogP contribution >= 0.6 is 0 Å². The van der Waals surface area contributed by atoms with Crippen molar-refractivity contribution in [1.29, 1.82) is 0 Å². The normalized spacial score (nSPS) is 14.3. The highest BCUT2D eigenvalue weighted by Crippen LogP contribution is 2.21. The minimum atomic E-state index is -0.535. The Labute approximate surface area is 200 Å². The summed E-state index contributed by atoms with van der Waals surface area (Å²) < 4.78 is 26.4. The number of amides is 1. The van der Waals surface area contributed by atoms with E-state index in [0.717, 1.165) is 0 Å². The van der Waals surface area contributed by atoms with Gasteiger partial charge in [0.2, 0.25) is 5.91 Å². The zero-order valence-electron chi connectivity index (χ0n) is 20.8. The molecule has 0 fully saturated rings. The first kappa shape index (κ1) is 31.3. The predicted molar refractivity (Wildman–Crippen MR) is 120 cm³/mol. The lowest BCUT2D eigenvalue weighted by molar-refractivity contribution is -0.153. The van der Waals surface area contributed by atoms with Gasteiger partial charge in [0, 0.05) is 54.1 Å². The molecule has 4 atom stereocenters. The molecule has 0 spiro atoms. The Morgan fingerprint density at radius 1 is 0.647 bits per heavy atom. The average Bonchev–Trinajstić information content (AvgIpc) is 2.68. The minimum absolute atomic E-state index is 0.0367. The van der Waals surface area contributed by atoms with Gasteiger partial charge in [0.15, 0.2) is 0 Å². The molecule has 0 bridgehead atoms. The van der Waals surface area contributed by atoms with E-state index in [0.29, 0.717) is 38.5 Å². The maximum atomic E-state index is 11.6. The van der Waals surface area contributed by atoms with Crippen LogP contribution in [0.4, 0.5) is 0 Å². The summed E-state index contributed by atoms with van der Waals surface area (Å²) in [5.41, 5.74) is 5.17. The molecule has 0 radical (unpaired) electrons. The summed E-state index contributed by atoms with van der Waals surface area (Å²) in [5, 5.41) is 0. The SMILES string of the molecule is COC(COC(C)=O)CC(CCC[C@H](C[C@@H](CCCC(N)=O)OC(C)=O)OC(C)=O)OC(C)=O. The first-order valence-corrected chi connectivity index (χ1v) is 11.4. The lowest BCUT2D eigenvalue weighted by Crippen LogP contribution is -2.29. The van der Waals surface area contributed by atoms with Crippen molar-refractivity contribution >= 4 is 29.8 Å². The third-order valence-corrected chi connectivity index (χ3v) is 4.86. The van der Waals surface area contributed by atoms with Gasteiger partial charge >= 0.3 is 23.9 Å². The van der Waals surface area contributed by atoms with Crippen molar-refractivity contribution in [3.8, 4) is 0 Å². The van der Waals surface area contributed by atoms with E-state index in [1.807, 2.05) is 0 Å². The number of carbonyl (C=O) groups excluding carboxylic acids is 5. The van der Waals surface area contributed by atoms with Crippen LogP contribution in [0.2, 0.25) is 0 Å². The fraction of sp³-hybridized carbons (Fsp3) is 0.783. The van der Waals surface area contributed by atoms with E-state index in [9.17, 15) is 24.0 Å². The third kappa shape index (κ3) is 17.8. The number of primary amides is 1. The van der Waals surface area contributed by atoms with Crippen molar-refractivity contribution in [3.63, 3.8) is 0 Å². The van der Waals surface area contributed by atoms with Crippen LogP contribution in [0.3, 0.4) is 0 Å². The highest BCUT2D eigenvalue weighted by Gasteiger charge is 2.24. The quantitative estimate of drug-likeness (QED) is 0.223. The lowest BCUT2D eigenvalue weighted by Gasteiger charge is -2.25. The van der Waals surface area contributed by atoms with Gasteiger partial charge in [0.25, 0.3) is 0 Å². The Bertz CT molecular complexity index is 666. The molecule has 1 amide bonds. The van der Waals surface area contributed by atoms with Crippen LogP contribution in [0.25, 0.3) is 0 Å². The monoisotopic (exact) mass is 489 g/mol. The van der Waals surface area contributed by atoms with Crippen LogP contribution in [-0.2, 0) is 47.7 Å². The van der Waals surface area contributed by atoms with Crippen molar-refractivity contribution < 1.29 is 47.7 Å². The van der Waals surface area contributed by atoms with Crippen molar-refractivity contribution in [2.45, 2.75) is 103 Å². The highest BCUT2D eigenvalue weighted by atomic mass is 16.6. The zero-order chi connectivity index (χ0) is 26.1. The summed E-state index contributed by atoms with van der Waals surface area (Å²) in [6.07, 6.45) is 1.02. The second kappa shape index (κ2) is 17.7. The Hall–Kier alpha value is -2.69. The van der Waals surface area contributed by atoms with E-state index in [1.54, 1.807) is 0 Å². The fourth-order valence-corrected chi connectivity index (χ4v) is 3.48. The van der Waals surface area contributed by atoms with Crippen molar-refractivity contribution in [2.24, 2.45) is 5.73 Å². The van der Waals surface area contributed by atoms with Crippen LogP contribution in [0.15, 0.2) is 0 Å². The van der Waals surface area contributed by atoms with Gasteiger partial charge in [-0.2, -0.15) is 0 Å². The van der Waals surface area contributed by atoms with Gasteiger partial charge < -0.3 is 29.4 Å². The standard InChI is InChI=1S/C23H39NO10/c1-15(25)31-14-22(30-5)13-21(34-18(4)28)9-6-8-19(32-16(2)26)12-20(33-17(3)27)10-7-11-23(24)29/h19-22H,6-14H2,1-5H3,(H2,24,29)/t19-,20-,21?,22?/m1/s1. The molecule has 34 heavy (non-hydrogen) atoms. The number of esters is 4. The van der Waals surface area contributed by atoms with Gasteiger partial charge in [-0.3, -0.25) is 24.0 Å². The molecule has 0 saturated heterocycles. The summed E-state index contributed by atoms with van der Waals surface area (Å²) >= 11 is 0. The highest BCUT2D eigenvalue weighted by molar-refractivity contribution is 5.73. The number of methoxy groups -OCH3 is 1.